The molecule has 98 valence electrons. The zero-order valence-electron chi connectivity index (χ0n) is 11.3. The summed E-state index contributed by atoms with van der Waals surface area (Å²) in [6.45, 7) is 6.06. The summed E-state index contributed by atoms with van der Waals surface area (Å²) >= 11 is 0. The molecule has 1 aliphatic heterocycles. The Balaban J connectivity index is 2.10. The second-order valence-electron chi connectivity index (χ2n) is 5.09. The molecule has 2 rings (SSSR count). The molecule has 0 saturated heterocycles. The van der Waals surface area contributed by atoms with Crippen molar-refractivity contribution >= 4 is 11.6 Å². The van der Waals surface area contributed by atoms with E-state index in [1.165, 1.54) is 5.56 Å². The van der Waals surface area contributed by atoms with Crippen molar-refractivity contribution < 1.29 is 4.79 Å². The Bertz CT molecular complexity index is 429. The number of hydrogen-bond donors (Lipinski definition) is 2. The summed E-state index contributed by atoms with van der Waals surface area (Å²) < 4.78 is 0. The van der Waals surface area contributed by atoms with Crippen LogP contribution in [0.25, 0.3) is 0 Å². The first-order valence-corrected chi connectivity index (χ1v) is 6.86. The first kappa shape index (κ1) is 12.9. The van der Waals surface area contributed by atoms with E-state index < -0.39 is 0 Å². The number of benzene rings is 1. The molecule has 1 unspecified atom stereocenters. The summed E-state index contributed by atoms with van der Waals surface area (Å²) in [6.07, 6.45) is 3.19. The Morgan fingerprint density at radius 1 is 1.50 bits per heavy atom. The molecule has 0 fully saturated rings. The van der Waals surface area contributed by atoms with Crippen molar-refractivity contribution in [3.05, 3.63) is 29.3 Å². The van der Waals surface area contributed by atoms with Crippen molar-refractivity contribution in [1.29, 1.82) is 0 Å². The minimum atomic E-state index is 0.0656. The van der Waals surface area contributed by atoms with Crippen LogP contribution in [0.5, 0.6) is 0 Å². The van der Waals surface area contributed by atoms with Crippen LogP contribution in [-0.2, 0) is 6.42 Å². The summed E-state index contributed by atoms with van der Waals surface area (Å²) in [5, 5.41) is 6.39. The van der Waals surface area contributed by atoms with Crippen LogP contribution in [0.3, 0.4) is 0 Å². The third-order valence-corrected chi connectivity index (χ3v) is 3.65. The highest BCUT2D eigenvalue weighted by Gasteiger charge is 2.17. The number of anilines is 1. The van der Waals surface area contributed by atoms with Crippen molar-refractivity contribution in [3.8, 4) is 0 Å². The van der Waals surface area contributed by atoms with E-state index in [9.17, 15) is 4.79 Å². The molecule has 0 aliphatic carbocycles. The molecule has 0 saturated carbocycles. The first-order chi connectivity index (χ1) is 8.72. The van der Waals surface area contributed by atoms with Gasteiger partial charge < -0.3 is 10.6 Å². The van der Waals surface area contributed by atoms with Crippen molar-refractivity contribution in [1.82, 2.24) is 5.32 Å². The first-order valence-electron chi connectivity index (χ1n) is 6.86. The van der Waals surface area contributed by atoms with Gasteiger partial charge in [0.25, 0.3) is 5.91 Å². The summed E-state index contributed by atoms with van der Waals surface area (Å²) in [7, 11) is 0. The van der Waals surface area contributed by atoms with Crippen molar-refractivity contribution in [2.24, 2.45) is 5.92 Å². The van der Waals surface area contributed by atoms with Crippen LogP contribution in [0.1, 0.15) is 42.6 Å². The quantitative estimate of drug-likeness (QED) is 0.857. The van der Waals surface area contributed by atoms with Gasteiger partial charge in [-0.2, -0.15) is 0 Å². The highest BCUT2D eigenvalue weighted by molar-refractivity contribution is 5.97. The molecule has 0 bridgehead atoms. The van der Waals surface area contributed by atoms with Gasteiger partial charge in [0, 0.05) is 24.3 Å². The van der Waals surface area contributed by atoms with E-state index in [0.29, 0.717) is 5.92 Å². The minimum Gasteiger partial charge on any atom is -0.385 e. The molecule has 0 aromatic heterocycles. The van der Waals surface area contributed by atoms with E-state index in [0.717, 1.165) is 43.6 Å². The van der Waals surface area contributed by atoms with Gasteiger partial charge in [-0.05, 0) is 36.5 Å². The summed E-state index contributed by atoms with van der Waals surface area (Å²) in [5.41, 5.74) is 3.13. The van der Waals surface area contributed by atoms with Crippen molar-refractivity contribution in [2.75, 3.05) is 18.4 Å². The van der Waals surface area contributed by atoms with Gasteiger partial charge in [0.2, 0.25) is 0 Å². The third kappa shape index (κ3) is 2.84. The predicted octanol–water partition coefficient (Wildman–Crippen LogP) is 2.82. The molecule has 18 heavy (non-hydrogen) atoms. The lowest BCUT2D eigenvalue weighted by Crippen LogP contribution is -2.29. The van der Waals surface area contributed by atoms with Gasteiger partial charge in [0.1, 0.15) is 0 Å². The van der Waals surface area contributed by atoms with Crippen LogP contribution in [-0.4, -0.2) is 19.0 Å². The zero-order valence-corrected chi connectivity index (χ0v) is 11.3. The van der Waals surface area contributed by atoms with E-state index in [1.807, 2.05) is 12.1 Å². The van der Waals surface area contributed by atoms with E-state index in [-0.39, 0.29) is 5.91 Å². The van der Waals surface area contributed by atoms with Crippen LogP contribution >= 0.6 is 0 Å². The number of rotatable bonds is 4. The molecular weight excluding hydrogens is 224 g/mol. The number of carbonyl (C=O) groups excluding carboxylic acids is 1. The molecule has 3 nitrogen and oxygen atoms in total. The number of fused-ring (bicyclic) bond motifs is 1. The highest BCUT2D eigenvalue weighted by Crippen LogP contribution is 2.25. The lowest BCUT2D eigenvalue weighted by atomic mass is 9.97. The van der Waals surface area contributed by atoms with Crippen molar-refractivity contribution in [3.63, 3.8) is 0 Å². The number of amides is 1. The van der Waals surface area contributed by atoms with Gasteiger partial charge in [0.05, 0.1) is 0 Å². The molecule has 1 aromatic carbocycles. The summed E-state index contributed by atoms with van der Waals surface area (Å²) in [5.74, 6) is 0.600. The average Bonchev–Trinajstić information content (AvgIpc) is 2.43. The molecule has 1 aliphatic rings. The van der Waals surface area contributed by atoms with Gasteiger partial charge in [-0.25, -0.2) is 0 Å². The zero-order chi connectivity index (χ0) is 13.0. The largest absolute Gasteiger partial charge is 0.385 e. The SMILES string of the molecule is CCC(C)CNC(=O)c1cccc2c1CCCN2. The Hall–Kier alpha value is -1.51. The molecule has 3 heteroatoms. The smallest absolute Gasteiger partial charge is 0.251 e. The molecule has 0 radical (unpaired) electrons. The molecule has 0 spiro atoms. The Morgan fingerprint density at radius 2 is 2.33 bits per heavy atom. The molecule has 1 atom stereocenters. The fourth-order valence-corrected chi connectivity index (χ4v) is 2.23. The highest BCUT2D eigenvalue weighted by atomic mass is 16.1. The van der Waals surface area contributed by atoms with Gasteiger partial charge >= 0.3 is 0 Å². The maximum Gasteiger partial charge on any atom is 0.251 e. The van der Waals surface area contributed by atoms with Gasteiger partial charge in [-0.3, -0.25) is 4.79 Å². The molecule has 1 aromatic rings. The molecular formula is C15H22N2O. The minimum absolute atomic E-state index is 0.0656. The second kappa shape index (κ2) is 5.89. The number of carbonyl (C=O) groups is 1. The lowest BCUT2D eigenvalue weighted by Gasteiger charge is -2.21. The van der Waals surface area contributed by atoms with E-state index in [4.69, 9.17) is 0 Å². The van der Waals surface area contributed by atoms with Crippen LogP contribution in [0.4, 0.5) is 5.69 Å². The monoisotopic (exact) mass is 246 g/mol. The standard InChI is InChI=1S/C15H22N2O/c1-3-11(2)10-17-15(18)13-6-4-8-14-12(13)7-5-9-16-14/h4,6,8,11,16H,3,5,7,9-10H2,1-2H3,(H,17,18). The predicted molar refractivity (Wildman–Crippen MR) is 75.0 cm³/mol. The number of nitrogens with one attached hydrogen (secondary N) is 2. The fraction of sp³-hybridized carbons (Fsp3) is 0.533. The molecule has 1 amide bonds. The van der Waals surface area contributed by atoms with E-state index >= 15 is 0 Å². The second-order valence-corrected chi connectivity index (χ2v) is 5.09. The average molecular weight is 246 g/mol. The van der Waals surface area contributed by atoms with Crippen LogP contribution < -0.4 is 10.6 Å². The van der Waals surface area contributed by atoms with Gasteiger partial charge in [-0.1, -0.05) is 26.3 Å². The van der Waals surface area contributed by atoms with Gasteiger partial charge in [0.15, 0.2) is 0 Å². The van der Waals surface area contributed by atoms with Gasteiger partial charge in [-0.15, -0.1) is 0 Å². The van der Waals surface area contributed by atoms with Crippen LogP contribution in [0, 0.1) is 5.92 Å². The molecule has 1 heterocycles. The lowest BCUT2D eigenvalue weighted by molar-refractivity contribution is 0.0947. The van der Waals surface area contributed by atoms with Crippen LogP contribution in [0.15, 0.2) is 18.2 Å². The van der Waals surface area contributed by atoms with Crippen molar-refractivity contribution in [2.45, 2.75) is 33.1 Å². The van der Waals surface area contributed by atoms with E-state index in [1.54, 1.807) is 0 Å². The van der Waals surface area contributed by atoms with E-state index in [2.05, 4.69) is 30.5 Å². The molecule has 2 N–H and O–H groups in total. The fourth-order valence-electron chi connectivity index (χ4n) is 2.23. The maximum atomic E-state index is 12.2. The maximum absolute atomic E-state index is 12.2. The van der Waals surface area contributed by atoms with Crippen LogP contribution in [0.2, 0.25) is 0 Å². The summed E-state index contributed by atoms with van der Waals surface area (Å²) in [6, 6.07) is 5.94. The Labute approximate surface area is 109 Å². The summed E-state index contributed by atoms with van der Waals surface area (Å²) in [4.78, 5) is 12.2. The third-order valence-electron chi connectivity index (χ3n) is 3.65. The Morgan fingerprint density at radius 3 is 3.11 bits per heavy atom. The number of hydrogen-bond acceptors (Lipinski definition) is 2. The normalized spacial score (nSPS) is 15.4. The topological polar surface area (TPSA) is 41.1 Å². The Kier molecular flexibility index (Phi) is 4.24.